The van der Waals surface area contributed by atoms with Crippen LogP contribution in [0.4, 0.5) is 11.5 Å². The average molecular weight is 498 g/mol. The molecule has 1 aromatic heterocycles. The Morgan fingerprint density at radius 1 is 1.08 bits per heavy atom. The van der Waals surface area contributed by atoms with Gasteiger partial charge in [-0.25, -0.2) is 4.79 Å². The van der Waals surface area contributed by atoms with Crippen LogP contribution in [0.3, 0.4) is 0 Å². The van der Waals surface area contributed by atoms with E-state index in [2.05, 4.69) is 11.9 Å². The lowest BCUT2D eigenvalue weighted by atomic mass is 9.95. The van der Waals surface area contributed by atoms with Gasteiger partial charge in [-0.3, -0.25) is 23.9 Å². The minimum Gasteiger partial charge on any atom is -0.383 e. The Balaban J connectivity index is 1.90. The van der Waals surface area contributed by atoms with Crippen LogP contribution in [0, 0.1) is 12.8 Å². The molecule has 0 spiro atoms. The molecule has 0 radical (unpaired) electrons. The van der Waals surface area contributed by atoms with Crippen molar-refractivity contribution in [2.24, 2.45) is 5.92 Å². The molecule has 0 aliphatic carbocycles. The number of unbranched alkanes of at least 4 members (excludes halogenated alkanes) is 3. The molecule has 1 saturated heterocycles. The van der Waals surface area contributed by atoms with Gasteiger partial charge in [-0.05, 0) is 44.7 Å². The van der Waals surface area contributed by atoms with Gasteiger partial charge in [0.25, 0.3) is 11.5 Å². The molecule has 2 aromatic rings. The number of carbonyl (C=O) groups excluding carboxylic acids is 2. The highest BCUT2D eigenvalue weighted by Crippen LogP contribution is 2.26. The van der Waals surface area contributed by atoms with E-state index in [-0.39, 0.29) is 29.9 Å². The van der Waals surface area contributed by atoms with Crippen LogP contribution in [0.5, 0.6) is 0 Å². The van der Waals surface area contributed by atoms with E-state index in [0.29, 0.717) is 44.5 Å². The Morgan fingerprint density at radius 3 is 2.44 bits per heavy atom. The summed E-state index contributed by atoms with van der Waals surface area (Å²) >= 11 is 0. The first-order valence-corrected chi connectivity index (χ1v) is 13.1. The van der Waals surface area contributed by atoms with Gasteiger partial charge in [0.2, 0.25) is 5.91 Å². The molecular weight excluding hydrogens is 458 g/mol. The molecule has 1 atom stereocenters. The van der Waals surface area contributed by atoms with Crippen molar-refractivity contribution in [2.75, 3.05) is 30.3 Å². The summed E-state index contributed by atoms with van der Waals surface area (Å²) in [6.45, 7) is 7.59. The predicted molar refractivity (Wildman–Crippen MR) is 142 cm³/mol. The lowest BCUT2D eigenvalue weighted by Gasteiger charge is -2.35. The van der Waals surface area contributed by atoms with Crippen LogP contribution >= 0.6 is 0 Å². The largest absolute Gasteiger partial charge is 0.383 e. The highest BCUT2D eigenvalue weighted by molar-refractivity contribution is 5.98. The first-order chi connectivity index (χ1) is 17.3. The van der Waals surface area contributed by atoms with Crippen LogP contribution in [0.2, 0.25) is 0 Å². The molecule has 9 heteroatoms. The standard InChI is InChI=1S/C27H39N5O4/c1-4-6-8-17-31(22-23(28)32(16-7-5-2)27(36)29-24(22)33)26(35)21-10-9-15-30(18-21)25(34)20-13-11-19(3)12-14-20/h11-14,21H,4-10,15-18,28H2,1-3H3,(H,29,33,36). The van der Waals surface area contributed by atoms with Gasteiger partial charge in [-0.2, -0.15) is 0 Å². The van der Waals surface area contributed by atoms with Gasteiger partial charge < -0.3 is 15.5 Å². The molecule has 3 rings (SSSR count). The Labute approximate surface area is 212 Å². The third kappa shape index (κ3) is 6.25. The predicted octanol–water partition coefficient (Wildman–Crippen LogP) is 3.30. The Morgan fingerprint density at radius 2 is 1.78 bits per heavy atom. The third-order valence-corrected chi connectivity index (χ3v) is 6.83. The van der Waals surface area contributed by atoms with Gasteiger partial charge in [0.15, 0.2) is 5.69 Å². The van der Waals surface area contributed by atoms with Gasteiger partial charge in [0.1, 0.15) is 5.82 Å². The van der Waals surface area contributed by atoms with E-state index in [1.54, 1.807) is 17.0 Å². The van der Waals surface area contributed by atoms with Crippen molar-refractivity contribution >= 4 is 23.3 Å². The summed E-state index contributed by atoms with van der Waals surface area (Å²) in [4.78, 5) is 57.8. The number of nitrogens with two attached hydrogens (primary N) is 1. The second-order valence-electron chi connectivity index (χ2n) is 9.65. The number of nitrogens with zero attached hydrogens (tertiary/aromatic N) is 3. The molecule has 2 amide bonds. The van der Waals surface area contributed by atoms with Crippen LogP contribution in [0.15, 0.2) is 33.9 Å². The summed E-state index contributed by atoms with van der Waals surface area (Å²) in [5, 5.41) is 0. The molecule has 196 valence electrons. The number of amides is 2. The quantitative estimate of drug-likeness (QED) is 0.488. The normalized spacial score (nSPS) is 15.6. The molecule has 9 nitrogen and oxygen atoms in total. The molecule has 0 bridgehead atoms. The molecule has 2 heterocycles. The fraction of sp³-hybridized carbons (Fsp3) is 0.556. The maximum Gasteiger partial charge on any atom is 0.330 e. The van der Waals surface area contributed by atoms with Crippen molar-refractivity contribution in [3.63, 3.8) is 0 Å². The number of carbonyl (C=O) groups is 2. The number of hydrogen-bond donors (Lipinski definition) is 2. The number of aryl methyl sites for hydroxylation is 1. The topological polar surface area (TPSA) is 121 Å². The lowest BCUT2D eigenvalue weighted by Crippen LogP contribution is -2.49. The molecule has 1 unspecified atom stereocenters. The summed E-state index contributed by atoms with van der Waals surface area (Å²) < 4.78 is 1.34. The molecular formula is C27H39N5O4. The second-order valence-corrected chi connectivity index (χ2v) is 9.65. The van der Waals surface area contributed by atoms with Crippen molar-refractivity contribution in [3.8, 4) is 0 Å². The molecule has 1 aromatic carbocycles. The summed E-state index contributed by atoms with van der Waals surface area (Å²) in [6, 6.07) is 7.41. The number of anilines is 2. The number of benzene rings is 1. The van der Waals surface area contributed by atoms with Gasteiger partial charge >= 0.3 is 5.69 Å². The van der Waals surface area contributed by atoms with Crippen LogP contribution in [-0.2, 0) is 11.3 Å². The maximum absolute atomic E-state index is 13.8. The van der Waals surface area contributed by atoms with Crippen molar-refractivity contribution in [2.45, 2.75) is 72.3 Å². The minimum atomic E-state index is -0.654. The number of hydrogen-bond acceptors (Lipinski definition) is 5. The number of nitrogen functional groups attached to an aromatic ring is 1. The molecule has 36 heavy (non-hydrogen) atoms. The number of H-pyrrole nitrogens is 1. The summed E-state index contributed by atoms with van der Waals surface area (Å²) in [6.07, 6.45) is 5.43. The number of likely N-dealkylation sites (tertiary alicyclic amines) is 1. The Kier molecular flexibility index (Phi) is 9.50. The number of aromatic amines is 1. The average Bonchev–Trinajstić information content (AvgIpc) is 2.87. The van der Waals surface area contributed by atoms with Crippen molar-refractivity contribution in [1.29, 1.82) is 0 Å². The Hall–Kier alpha value is -3.36. The van der Waals surface area contributed by atoms with Crippen LogP contribution in [-0.4, -0.2) is 45.9 Å². The molecule has 1 aliphatic rings. The number of rotatable bonds is 10. The summed E-state index contributed by atoms with van der Waals surface area (Å²) in [5.41, 5.74) is 6.83. The zero-order valence-corrected chi connectivity index (χ0v) is 21.7. The summed E-state index contributed by atoms with van der Waals surface area (Å²) in [5.74, 6) is -0.768. The molecule has 1 aliphatic heterocycles. The van der Waals surface area contributed by atoms with Crippen molar-refractivity contribution in [1.82, 2.24) is 14.5 Å². The first-order valence-electron chi connectivity index (χ1n) is 13.1. The maximum atomic E-state index is 13.8. The molecule has 1 fully saturated rings. The van der Waals surface area contributed by atoms with Crippen LogP contribution in [0.1, 0.15) is 74.7 Å². The van der Waals surface area contributed by atoms with E-state index in [1.165, 1.54) is 9.47 Å². The Bertz CT molecular complexity index is 1170. The van der Waals surface area contributed by atoms with Crippen LogP contribution in [0.25, 0.3) is 0 Å². The highest BCUT2D eigenvalue weighted by atomic mass is 16.2. The minimum absolute atomic E-state index is 0.0189. The van der Waals surface area contributed by atoms with E-state index >= 15 is 0 Å². The number of nitrogens with one attached hydrogen (secondary N) is 1. The van der Waals surface area contributed by atoms with E-state index in [9.17, 15) is 19.2 Å². The smallest absolute Gasteiger partial charge is 0.330 e. The highest BCUT2D eigenvalue weighted by Gasteiger charge is 2.34. The zero-order valence-electron chi connectivity index (χ0n) is 21.7. The fourth-order valence-electron chi connectivity index (χ4n) is 4.69. The third-order valence-electron chi connectivity index (χ3n) is 6.83. The molecule has 3 N–H and O–H groups in total. The SMILES string of the molecule is CCCCCN(C(=O)C1CCCN(C(=O)c2ccc(C)cc2)C1)c1c(N)n(CCCC)c(=O)[nH]c1=O. The molecule has 0 saturated carbocycles. The van der Waals surface area contributed by atoms with Gasteiger partial charge in [0.05, 0.1) is 5.92 Å². The van der Waals surface area contributed by atoms with Gasteiger partial charge in [-0.1, -0.05) is 50.8 Å². The van der Waals surface area contributed by atoms with E-state index in [1.807, 2.05) is 26.0 Å². The fourth-order valence-corrected chi connectivity index (χ4v) is 4.69. The van der Waals surface area contributed by atoms with Crippen molar-refractivity contribution in [3.05, 3.63) is 56.2 Å². The summed E-state index contributed by atoms with van der Waals surface area (Å²) in [7, 11) is 0. The van der Waals surface area contributed by atoms with E-state index in [4.69, 9.17) is 5.73 Å². The van der Waals surface area contributed by atoms with Crippen molar-refractivity contribution < 1.29 is 9.59 Å². The van der Waals surface area contributed by atoms with E-state index < -0.39 is 17.2 Å². The van der Waals surface area contributed by atoms with E-state index in [0.717, 1.165) is 31.2 Å². The lowest BCUT2D eigenvalue weighted by molar-refractivity contribution is -0.123. The number of piperidine rings is 1. The van der Waals surface area contributed by atoms with Crippen LogP contribution < -0.4 is 21.9 Å². The first kappa shape index (κ1) is 27.2. The van der Waals surface area contributed by atoms with Gasteiger partial charge in [0, 0.05) is 31.7 Å². The van der Waals surface area contributed by atoms with Gasteiger partial charge in [-0.15, -0.1) is 0 Å². The number of aromatic nitrogens is 2. The second kappa shape index (κ2) is 12.6. The monoisotopic (exact) mass is 497 g/mol. The zero-order chi connectivity index (χ0) is 26.2.